The number of imidazole rings is 1. The van der Waals surface area contributed by atoms with Crippen molar-refractivity contribution in [2.45, 2.75) is 44.2 Å². The molecule has 3 N–H and O–H groups in total. The largest absolute Gasteiger partial charge is 0.375 e. The van der Waals surface area contributed by atoms with E-state index in [9.17, 15) is 4.79 Å². The Hall–Kier alpha value is -1.92. The van der Waals surface area contributed by atoms with Crippen LogP contribution in [0.2, 0.25) is 0 Å². The number of carbonyl (C=O) groups is 1. The molecule has 2 aromatic rings. The van der Waals surface area contributed by atoms with Gasteiger partial charge in [0.15, 0.2) is 0 Å². The molecule has 4 rings (SSSR count). The molecule has 1 saturated heterocycles. The highest BCUT2D eigenvalue weighted by Crippen LogP contribution is 2.46. The Morgan fingerprint density at radius 2 is 2.22 bits per heavy atom. The van der Waals surface area contributed by atoms with E-state index in [-0.39, 0.29) is 23.5 Å². The molecule has 1 spiro atoms. The van der Waals surface area contributed by atoms with Crippen molar-refractivity contribution >= 4 is 17.2 Å². The van der Waals surface area contributed by atoms with E-state index in [1.165, 1.54) is 0 Å². The molecule has 0 aromatic carbocycles. The second kappa shape index (κ2) is 5.32. The molecule has 0 bridgehead atoms. The van der Waals surface area contributed by atoms with Crippen molar-refractivity contribution < 1.29 is 9.53 Å². The second-order valence-corrected chi connectivity index (χ2v) is 6.94. The minimum Gasteiger partial charge on any atom is -0.375 e. The lowest BCUT2D eigenvalue weighted by Gasteiger charge is -2.50. The van der Waals surface area contributed by atoms with Crippen molar-refractivity contribution in [3.05, 3.63) is 30.2 Å². The summed E-state index contributed by atoms with van der Waals surface area (Å²) in [4.78, 5) is 16.8. The molecule has 1 unspecified atom stereocenters. The number of aromatic nitrogens is 2. The Morgan fingerprint density at radius 3 is 3.00 bits per heavy atom. The third kappa shape index (κ3) is 2.72. The lowest BCUT2D eigenvalue weighted by atomic mass is 9.66. The summed E-state index contributed by atoms with van der Waals surface area (Å²) in [5.74, 6) is 0.0788. The number of amides is 1. The van der Waals surface area contributed by atoms with E-state index in [1.807, 2.05) is 35.9 Å². The van der Waals surface area contributed by atoms with E-state index < -0.39 is 0 Å². The number of anilines is 1. The number of aryl methyl sites for hydroxylation is 1. The van der Waals surface area contributed by atoms with Gasteiger partial charge in [0.2, 0.25) is 5.91 Å². The van der Waals surface area contributed by atoms with Gasteiger partial charge in [-0.1, -0.05) is 0 Å². The lowest BCUT2D eigenvalue weighted by Crippen LogP contribution is -2.55. The summed E-state index contributed by atoms with van der Waals surface area (Å²) in [5.41, 5.74) is 8.52. The van der Waals surface area contributed by atoms with Crippen LogP contribution in [-0.4, -0.2) is 33.5 Å². The van der Waals surface area contributed by atoms with E-state index >= 15 is 0 Å². The van der Waals surface area contributed by atoms with Crippen molar-refractivity contribution in [1.29, 1.82) is 0 Å². The fourth-order valence-corrected chi connectivity index (χ4v) is 3.81. The molecule has 6 heteroatoms. The van der Waals surface area contributed by atoms with Crippen molar-refractivity contribution in [2.24, 2.45) is 11.7 Å². The number of pyridine rings is 1. The van der Waals surface area contributed by atoms with Crippen LogP contribution in [-0.2, 0) is 9.53 Å². The summed E-state index contributed by atoms with van der Waals surface area (Å²) >= 11 is 0. The molecule has 1 amide bonds. The van der Waals surface area contributed by atoms with E-state index in [1.54, 1.807) is 0 Å². The maximum atomic E-state index is 12.4. The summed E-state index contributed by atoms with van der Waals surface area (Å²) in [6.07, 6.45) is 7.19. The summed E-state index contributed by atoms with van der Waals surface area (Å²) in [6, 6.07) is 4.01. The van der Waals surface area contributed by atoms with Crippen LogP contribution in [0.25, 0.3) is 5.65 Å². The highest BCUT2D eigenvalue weighted by molar-refractivity contribution is 5.93. The predicted octanol–water partition coefficient (Wildman–Crippen LogP) is 1.87. The van der Waals surface area contributed by atoms with Crippen LogP contribution in [0.3, 0.4) is 0 Å². The van der Waals surface area contributed by atoms with Crippen LogP contribution in [0.4, 0.5) is 5.69 Å². The standard InChI is InChI=1S/C17H22N4O2/c1-11-9-21-10-14(2-3-15(21)19-11)20-16(22)12-6-17(7-12)8-13(18)4-5-23-17/h2-3,9-10,12-13H,4-8,18H2,1H3,(H,20,22). The number of carbonyl (C=O) groups excluding carboxylic acids is 1. The highest BCUT2D eigenvalue weighted by Gasteiger charge is 2.50. The molecule has 1 saturated carbocycles. The first-order valence-electron chi connectivity index (χ1n) is 8.19. The molecule has 122 valence electrons. The fraction of sp³-hybridized carbons (Fsp3) is 0.529. The number of hydrogen-bond donors (Lipinski definition) is 2. The quantitative estimate of drug-likeness (QED) is 0.886. The fourth-order valence-electron chi connectivity index (χ4n) is 3.81. The molecule has 2 fully saturated rings. The Balaban J connectivity index is 1.40. The average molecular weight is 314 g/mol. The van der Waals surface area contributed by atoms with E-state index in [0.29, 0.717) is 6.61 Å². The number of ether oxygens (including phenoxy) is 1. The van der Waals surface area contributed by atoms with Crippen LogP contribution >= 0.6 is 0 Å². The van der Waals surface area contributed by atoms with Gasteiger partial charge in [0.25, 0.3) is 0 Å². The van der Waals surface area contributed by atoms with Crippen molar-refractivity contribution in [3.63, 3.8) is 0 Å². The van der Waals surface area contributed by atoms with Gasteiger partial charge in [-0.25, -0.2) is 4.98 Å². The molecular formula is C17H22N4O2. The zero-order chi connectivity index (χ0) is 16.0. The third-order valence-corrected chi connectivity index (χ3v) is 4.98. The van der Waals surface area contributed by atoms with Gasteiger partial charge in [-0.15, -0.1) is 0 Å². The lowest BCUT2D eigenvalue weighted by molar-refractivity contribution is -0.166. The van der Waals surface area contributed by atoms with Gasteiger partial charge in [0.1, 0.15) is 5.65 Å². The number of hydrogen-bond acceptors (Lipinski definition) is 4. The van der Waals surface area contributed by atoms with Crippen LogP contribution in [0, 0.1) is 12.8 Å². The van der Waals surface area contributed by atoms with Gasteiger partial charge in [-0.05, 0) is 44.7 Å². The Kier molecular flexibility index (Phi) is 3.39. The van der Waals surface area contributed by atoms with Crippen LogP contribution < -0.4 is 11.1 Å². The Labute approximate surface area is 135 Å². The molecular weight excluding hydrogens is 292 g/mol. The maximum absolute atomic E-state index is 12.4. The van der Waals surface area contributed by atoms with Gasteiger partial charge in [-0.3, -0.25) is 4.79 Å². The van der Waals surface area contributed by atoms with E-state index in [4.69, 9.17) is 10.5 Å². The van der Waals surface area contributed by atoms with E-state index in [2.05, 4.69) is 10.3 Å². The van der Waals surface area contributed by atoms with Crippen molar-refractivity contribution in [1.82, 2.24) is 9.38 Å². The van der Waals surface area contributed by atoms with Gasteiger partial charge < -0.3 is 20.2 Å². The first kappa shape index (κ1) is 14.7. The van der Waals surface area contributed by atoms with Gasteiger partial charge in [-0.2, -0.15) is 0 Å². The number of fused-ring (bicyclic) bond motifs is 1. The van der Waals surface area contributed by atoms with Gasteiger partial charge >= 0.3 is 0 Å². The summed E-state index contributed by atoms with van der Waals surface area (Å²) in [7, 11) is 0. The minimum absolute atomic E-state index is 0.0144. The molecule has 23 heavy (non-hydrogen) atoms. The molecule has 1 aliphatic heterocycles. The highest BCUT2D eigenvalue weighted by atomic mass is 16.5. The number of nitrogens with zero attached hydrogens (tertiary/aromatic N) is 2. The molecule has 6 nitrogen and oxygen atoms in total. The maximum Gasteiger partial charge on any atom is 0.227 e. The Bertz CT molecular complexity index is 748. The predicted molar refractivity (Wildman–Crippen MR) is 87.2 cm³/mol. The summed E-state index contributed by atoms with van der Waals surface area (Å²) in [5, 5.41) is 3.00. The zero-order valence-corrected chi connectivity index (χ0v) is 13.3. The molecule has 0 radical (unpaired) electrons. The molecule has 3 heterocycles. The third-order valence-electron chi connectivity index (χ3n) is 4.98. The number of nitrogens with one attached hydrogen (secondary N) is 1. The number of nitrogens with two attached hydrogens (primary N) is 1. The minimum atomic E-state index is -0.148. The molecule has 1 atom stereocenters. The van der Waals surface area contributed by atoms with Gasteiger partial charge in [0.05, 0.1) is 17.0 Å². The van der Waals surface area contributed by atoms with Gasteiger partial charge in [0, 0.05) is 31.0 Å². The smallest absolute Gasteiger partial charge is 0.227 e. The monoisotopic (exact) mass is 314 g/mol. The van der Waals surface area contributed by atoms with E-state index in [0.717, 1.165) is 42.7 Å². The molecule has 2 aliphatic rings. The second-order valence-electron chi connectivity index (χ2n) is 6.94. The normalized spacial score (nSPS) is 30.3. The number of rotatable bonds is 2. The first-order valence-corrected chi connectivity index (χ1v) is 8.19. The summed E-state index contributed by atoms with van der Waals surface area (Å²) in [6.45, 7) is 2.67. The van der Waals surface area contributed by atoms with Crippen LogP contribution in [0.5, 0.6) is 0 Å². The molecule has 1 aliphatic carbocycles. The van der Waals surface area contributed by atoms with Crippen LogP contribution in [0.15, 0.2) is 24.5 Å². The SMILES string of the molecule is Cc1cn2cc(NC(=O)C3CC4(CC(N)CCO4)C3)ccc2n1. The Morgan fingerprint density at radius 1 is 1.39 bits per heavy atom. The van der Waals surface area contributed by atoms with Crippen LogP contribution in [0.1, 0.15) is 31.4 Å². The zero-order valence-electron chi connectivity index (χ0n) is 13.3. The first-order chi connectivity index (χ1) is 11.0. The van der Waals surface area contributed by atoms with Crippen molar-refractivity contribution in [2.75, 3.05) is 11.9 Å². The topological polar surface area (TPSA) is 81.7 Å². The average Bonchev–Trinajstić information content (AvgIpc) is 2.84. The molecule has 2 aromatic heterocycles. The summed E-state index contributed by atoms with van der Waals surface area (Å²) < 4.78 is 7.82. The van der Waals surface area contributed by atoms with Crippen molar-refractivity contribution in [3.8, 4) is 0 Å².